The molecule has 6 nitrogen and oxygen atoms in total. The molecule has 0 aliphatic heterocycles. The van der Waals surface area contributed by atoms with E-state index in [0.717, 1.165) is 11.4 Å². The maximum absolute atomic E-state index is 5.52. The van der Waals surface area contributed by atoms with Crippen molar-refractivity contribution in [3.8, 4) is 5.69 Å². The van der Waals surface area contributed by atoms with E-state index in [1.54, 1.807) is 4.68 Å². The Bertz CT molecular complexity index is 673. The van der Waals surface area contributed by atoms with Crippen LogP contribution in [0.25, 0.3) is 16.9 Å². The largest absolute Gasteiger partial charge is 0.366 e. The second-order valence-corrected chi connectivity index (χ2v) is 3.67. The van der Waals surface area contributed by atoms with E-state index in [4.69, 9.17) is 5.73 Å². The minimum atomic E-state index is 0.160. The molecule has 0 atom stereocenters. The van der Waals surface area contributed by atoms with Gasteiger partial charge in [-0.1, -0.05) is 18.2 Å². The van der Waals surface area contributed by atoms with Crippen molar-refractivity contribution in [2.24, 2.45) is 0 Å². The van der Waals surface area contributed by atoms with Crippen LogP contribution in [-0.2, 0) is 0 Å². The Kier molecular flexibility index (Phi) is 2.01. The molecule has 0 aliphatic carbocycles. The van der Waals surface area contributed by atoms with Crippen LogP contribution in [0, 0.1) is 6.92 Å². The van der Waals surface area contributed by atoms with Gasteiger partial charge in [-0.15, -0.1) is 10.2 Å². The number of aryl methyl sites for hydroxylation is 1. The fourth-order valence-electron chi connectivity index (χ4n) is 1.71. The Morgan fingerprint density at radius 3 is 2.65 bits per heavy atom. The van der Waals surface area contributed by atoms with Crippen LogP contribution >= 0.6 is 0 Å². The zero-order chi connectivity index (χ0) is 11.8. The van der Waals surface area contributed by atoms with E-state index in [9.17, 15) is 0 Å². The van der Waals surface area contributed by atoms with Crippen LogP contribution < -0.4 is 5.73 Å². The first-order chi connectivity index (χ1) is 8.25. The van der Waals surface area contributed by atoms with E-state index in [1.807, 2.05) is 37.3 Å². The number of para-hydroxylation sites is 1. The molecule has 0 unspecified atom stereocenters. The van der Waals surface area contributed by atoms with Gasteiger partial charge in [-0.3, -0.25) is 0 Å². The maximum Gasteiger partial charge on any atom is 0.240 e. The van der Waals surface area contributed by atoms with E-state index < -0.39 is 0 Å². The Labute approximate surface area is 97.1 Å². The van der Waals surface area contributed by atoms with E-state index in [1.165, 1.54) is 0 Å². The van der Waals surface area contributed by atoms with Crippen molar-refractivity contribution in [1.29, 1.82) is 0 Å². The molecule has 0 amide bonds. The number of hydrogen-bond acceptors (Lipinski definition) is 5. The van der Waals surface area contributed by atoms with Gasteiger partial charge in [0, 0.05) is 0 Å². The molecule has 2 heterocycles. The highest BCUT2D eigenvalue weighted by atomic mass is 15.4. The summed E-state index contributed by atoms with van der Waals surface area (Å²) >= 11 is 0. The summed E-state index contributed by atoms with van der Waals surface area (Å²) in [6.07, 6.45) is 0. The summed E-state index contributed by atoms with van der Waals surface area (Å²) in [6.45, 7) is 1.87. The molecule has 1 aromatic carbocycles. The quantitative estimate of drug-likeness (QED) is 0.671. The zero-order valence-corrected chi connectivity index (χ0v) is 9.20. The number of fused-ring (bicyclic) bond motifs is 1. The number of aromatic nitrogens is 5. The van der Waals surface area contributed by atoms with Crippen LogP contribution in [-0.4, -0.2) is 25.0 Å². The minimum Gasteiger partial charge on any atom is -0.366 e. The molecule has 0 saturated carbocycles. The van der Waals surface area contributed by atoms with Crippen LogP contribution in [0.3, 0.4) is 0 Å². The summed E-state index contributed by atoms with van der Waals surface area (Å²) in [5, 5.41) is 12.2. The molecule has 0 bridgehead atoms. The molecule has 6 heteroatoms. The average Bonchev–Trinajstić information content (AvgIpc) is 2.68. The summed E-state index contributed by atoms with van der Waals surface area (Å²) in [7, 11) is 0. The molecule has 3 aromatic rings. The van der Waals surface area contributed by atoms with Crippen LogP contribution in [0.2, 0.25) is 0 Å². The van der Waals surface area contributed by atoms with Gasteiger partial charge in [0.1, 0.15) is 5.52 Å². The highest BCUT2D eigenvalue weighted by Gasteiger charge is 2.12. The Balaban J connectivity index is 2.32. The van der Waals surface area contributed by atoms with E-state index in [2.05, 4.69) is 20.3 Å². The third-order valence-electron chi connectivity index (χ3n) is 2.48. The molecule has 17 heavy (non-hydrogen) atoms. The minimum absolute atomic E-state index is 0.160. The fourth-order valence-corrected chi connectivity index (χ4v) is 1.71. The number of nitrogen functional groups attached to an aromatic ring is 1. The van der Waals surface area contributed by atoms with Gasteiger partial charge in [-0.25, -0.2) is 9.67 Å². The number of nitrogens with zero attached hydrogens (tertiary/aromatic N) is 5. The molecular weight excluding hydrogens is 216 g/mol. The number of anilines is 1. The van der Waals surface area contributed by atoms with Gasteiger partial charge in [-0.2, -0.15) is 5.10 Å². The highest BCUT2D eigenvalue weighted by Crippen LogP contribution is 2.17. The molecule has 3 rings (SSSR count). The smallest absolute Gasteiger partial charge is 0.240 e. The van der Waals surface area contributed by atoms with Crippen molar-refractivity contribution >= 4 is 17.1 Å². The van der Waals surface area contributed by atoms with Crippen molar-refractivity contribution in [2.75, 3.05) is 5.73 Å². The molecule has 0 radical (unpaired) electrons. The fraction of sp³-hybridized carbons (Fsp3) is 0.0909. The Hall–Kier alpha value is -2.50. The third-order valence-corrected chi connectivity index (χ3v) is 2.48. The lowest BCUT2D eigenvalue weighted by Gasteiger charge is -2.00. The zero-order valence-electron chi connectivity index (χ0n) is 9.20. The molecule has 2 aromatic heterocycles. The Morgan fingerprint density at radius 1 is 1.12 bits per heavy atom. The second-order valence-electron chi connectivity index (χ2n) is 3.67. The van der Waals surface area contributed by atoms with Crippen LogP contribution in [0.15, 0.2) is 30.3 Å². The molecule has 0 fully saturated rings. The lowest BCUT2D eigenvalue weighted by atomic mass is 10.3. The second kappa shape index (κ2) is 3.51. The van der Waals surface area contributed by atoms with Gasteiger partial charge in [0.15, 0.2) is 0 Å². The number of hydrogen-bond donors (Lipinski definition) is 1. The predicted octanol–water partition coefficient (Wildman–Crippen LogP) is 1.10. The molecule has 0 aliphatic rings. The van der Waals surface area contributed by atoms with Gasteiger partial charge >= 0.3 is 0 Å². The predicted molar refractivity (Wildman–Crippen MR) is 63.6 cm³/mol. The van der Waals surface area contributed by atoms with Gasteiger partial charge in [0.05, 0.1) is 11.4 Å². The van der Waals surface area contributed by atoms with Gasteiger partial charge in [0.2, 0.25) is 11.6 Å². The van der Waals surface area contributed by atoms with E-state index in [-0.39, 0.29) is 5.95 Å². The molecular formula is C11H10N6. The van der Waals surface area contributed by atoms with Crippen molar-refractivity contribution in [3.05, 3.63) is 36.0 Å². The van der Waals surface area contributed by atoms with Crippen LogP contribution in [0.5, 0.6) is 0 Å². The summed E-state index contributed by atoms with van der Waals surface area (Å²) in [6, 6.07) is 9.73. The number of rotatable bonds is 1. The molecule has 84 valence electrons. The topological polar surface area (TPSA) is 82.5 Å². The highest BCUT2D eigenvalue weighted by molar-refractivity contribution is 5.75. The summed E-state index contributed by atoms with van der Waals surface area (Å²) in [5.74, 6) is 0.160. The monoisotopic (exact) mass is 226 g/mol. The van der Waals surface area contributed by atoms with Crippen LogP contribution in [0.4, 0.5) is 5.95 Å². The van der Waals surface area contributed by atoms with Crippen molar-refractivity contribution in [1.82, 2.24) is 25.0 Å². The normalized spacial score (nSPS) is 10.9. The first-order valence-electron chi connectivity index (χ1n) is 5.16. The van der Waals surface area contributed by atoms with Gasteiger partial charge in [-0.05, 0) is 19.1 Å². The van der Waals surface area contributed by atoms with Crippen molar-refractivity contribution < 1.29 is 0 Å². The Morgan fingerprint density at radius 2 is 1.88 bits per heavy atom. The van der Waals surface area contributed by atoms with Gasteiger partial charge in [0.25, 0.3) is 0 Å². The number of nitrogens with two attached hydrogens (primary N) is 1. The third kappa shape index (κ3) is 1.50. The summed E-state index contributed by atoms with van der Waals surface area (Å²) in [4.78, 5) is 4.14. The number of benzene rings is 1. The van der Waals surface area contributed by atoms with Crippen LogP contribution in [0.1, 0.15) is 5.69 Å². The average molecular weight is 226 g/mol. The first-order valence-corrected chi connectivity index (χ1v) is 5.16. The summed E-state index contributed by atoms with van der Waals surface area (Å²) < 4.78 is 1.71. The van der Waals surface area contributed by atoms with Crippen molar-refractivity contribution in [2.45, 2.75) is 6.92 Å². The first kappa shape index (κ1) is 9.71. The lowest BCUT2D eigenvalue weighted by Crippen LogP contribution is -2.01. The van der Waals surface area contributed by atoms with Gasteiger partial charge < -0.3 is 5.73 Å². The lowest BCUT2D eigenvalue weighted by molar-refractivity contribution is 0.864. The molecule has 0 saturated heterocycles. The standard InChI is InChI=1S/C11H10N6/c1-7-9-10(14-15-11(12)13-9)17(16-7)8-5-3-2-4-6-8/h2-6H,1H3,(H2,12,13,15). The van der Waals surface area contributed by atoms with E-state index in [0.29, 0.717) is 11.2 Å². The maximum atomic E-state index is 5.52. The summed E-state index contributed by atoms with van der Waals surface area (Å²) in [5.41, 5.74) is 8.52. The SMILES string of the molecule is Cc1nn(-c2ccccc2)c2nnc(N)nc12. The van der Waals surface area contributed by atoms with E-state index >= 15 is 0 Å². The van der Waals surface area contributed by atoms with Crippen molar-refractivity contribution in [3.63, 3.8) is 0 Å². The molecule has 2 N–H and O–H groups in total. The molecule has 0 spiro atoms.